The lowest BCUT2D eigenvalue weighted by Crippen LogP contribution is -2.50. The van der Waals surface area contributed by atoms with Gasteiger partial charge in [0.25, 0.3) is 0 Å². The van der Waals surface area contributed by atoms with Crippen LogP contribution in [0.1, 0.15) is 70.0 Å². The van der Waals surface area contributed by atoms with Gasteiger partial charge in [-0.2, -0.15) is 0 Å². The third-order valence-corrected chi connectivity index (χ3v) is 8.90. The second kappa shape index (κ2) is 15.5. The van der Waals surface area contributed by atoms with Crippen LogP contribution in [0.3, 0.4) is 0 Å². The lowest BCUT2D eigenvalue weighted by Gasteiger charge is -2.40. The van der Waals surface area contributed by atoms with Gasteiger partial charge in [-0.05, 0) is 58.4 Å². The zero-order valence-electron chi connectivity index (χ0n) is 27.1. The zero-order chi connectivity index (χ0) is 34.5. The summed E-state index contributed by atoms with van der Waals surface area (Å²) in [7, 11) is 2.71. The highest BCUT2D eigenvalue weighted by Gasteiger charge is 2.40. The summed E-state index contributed by atoms with van der Waals surface area (Å²) in [6.07, 6.45) is 2.37. The van der Waals surface area contributed by atoms with E-state index >= 15 is 0 Å². The fraction of sp³-hybridized carbons (Fsp3) is 0.531. The maximum atomic E-state index is 14.7. The van der Waals surface area contributed by atoms with Crippen molar-refractivity contribution in [2.75, 3.05) is 27.4 Å². The summed E-state index contributed by atoms with van der Waals surface area (Å²) in [5.74, 6) is -3.49. The summed E-state index contributed by atoms with van der Waals surface area (Å²) >= 11 is 7.61. The molecule has 0 radical (unpaired) electrons. The summed E-state index contributed by atoms with van der Waals surface area (Å²) in [6.45, 7) is 6.74. The molecule has 0 saturated heterocycles. The molecule has 256 valence electrons. The number of allylic oxidation sites excluding steroid dienone is 1. The van der Waals surface area contributed by atoms with Crippen LogP contribution in [0.25, 0.3) is 0 Å². The first kappa shape index (κ1) is 36.2. The van der Waals surface area contributed by atoms with Crippen molar-refractivity contribution in [2.24, 2.45) is 10.9 Å². The Hall–Kier alpha value is -3.62. The van der Waals surface area contributed by atoms with Crippen molar-refractivity contribution < 1.29 is 42.1 Å². The van der Waals surface area contributed by atoms with Crippen molar-refractivity contribution >= 4 is 46.8 Å². The van der Waals surface area contributed by atoms with Gasteiger partial charge in [-0.1, -0.05) is 17.7 Å². The zero-order valence-corrected chi connectivity index (χ0v) is 28.7. The number of hydrogen-bond donors (Lipinski definition) is 1. The number of nitrogens with one attached hydrogen (secondary N) is 1. The Kier molecular flexibility index (Phi) is 12.0. The van der Waals surface area contributed by atoms with E-state index in [1.165, 1.54) is 38.5 Å². The topological polar surface area (TPSA) is 129 Å². The molecule has 1 N–H and O–H groups in total. The van der Waals surface area contributed by atoms with E-state index in [4.69, 9.17) is 35.5 Å². The van der Waals surface area contributed by atoms with Gasteiger partial charge in [0, 0.05) is 42.9 Å². The standard InChI is InChI=1S/C32H39ClF2N4O7S/c1-17(40)45-20(16-43-5)15-39(31(42)46-32(2,3)4)19-9-7-18(8-10-19)26-23(30(41)44-6)27(21-11-12-22(34)25(35)24(21)33)38-28(37-26)29-36-13-14-47-29/h11-14,18-20,27H,7-10,15-16H2,1-6H3,(H,37,38)/t18-,19-,20-,27?/m0/s1. The second-order valence-corrected chi connectivity index (χ2v) is 13.5. The van der Waals surface area contributed by atoms with E-state index in [0.29, 0.717) is 42.2 Å². The van der Waals surface area contributed by atoms with Crippen molar-refractivity contribution in [3.8, 4) is 0 Å². The largest absolute Gasteiger partial charge is 0.466 e. The van der Waals surface area contributed by atoms with Gasteiger partial charge in [0.2, 0.25) is 0 Å². The molecule has 1 fully saturated rings. The van der Waals surface area contributed by atoms with Gasteiger partial charge in [-0.3, -0.25) is 9.79 Å². The molecule has 11 nitrogen and oxygen atoms in total. The highest BCUT2D eigenvalue weighted by atomic mass is 35.5. The van der Waals surface area contributed by atoms with E-state index in [1.54, 1.807) is 37.2 Å². The predicted octanol–water partition coefficient (Wildman–Crippen LogP) is 5.97. The molecule has 1 unspecified atom stereocenters. The average molecular weight is 697 g/mol. The predicted molar refractivity (Wildman–Crippen MR) is 171 cm³/mol. The summed E-state index contributed by atoms with van der Waals surface area (Å²) in [5, 5.41) is 5.09. The SMILES string of the molecule is COC[C@H](CN(C(=O)OC(C)(C)C)[C@H]1CC[C@H](C2=C(C(=O)OC)C(c3ccc(F)c(F)c3Cl)N=C(c3nccs3)N2)CC1)OC(C)=O. The molecule has 2 aromatic rings. The Bertz CT molecular complexity index is 1520. The maximum Gasteiger partial charge on any atom is 0.410 e. The number of nitrogens with zero attached hydrogens (tertiary/aromatic N) is 3. The number of rotatable bonds is 10. The van der Waals surface area contributed by atoms with Gasteiger partial charge in [0.05, 0.1) is 30.9 Å². The van der Waals surface area contributed by atoms with Crippen LogP contribution in [-0.4, -0.2) is 78.9 Å². The third-order valence-electron chi connectivity index (χ3n) is 7.73. The molecule has 1 aliphatic heterocycles. The number of methoxy groups -OCH3 is 2. The number of carbonyl (C=O) groups is 3. The Morgan fingerprint density at radius 3 is 2.43 bits per heavy atom. The summed E-state index contributed by atoms with van der Waals surface area (Å²) in [4.78, 5) is 49.3. The Morgan fingerprint density at radius 1 is 1.15 bits per heavy atom. The van der Waals surface area contributed by atoms with E-state index in [9.17, 15) is 23.2 Å². The number of ether oxygens (including phenoxy) is 4. The van der Waals surface area contributed by atoms with Gasteiger partial charge in [0.1, 0.15) is 17.7 Å². The van der Waals surface area contributed by atoms with Crippen LogP contribution in [-0.2, 0) is 28.5 Å². The van der Waals surface area contributed by atoms with E-state index in [-0.39, 0.29) is 36.2 Å². The Labute approximate surface area is 281 Å². The molecule has 1 aliphatic carbocycles. The molecule has 2 atom stereocenters. The number of amidine groups is 1. The molecule has 0 spiro atoms. The molecule has 4 rings (SSSR count). The molecule has 15 heteroatoms. The number of amides is 1. The second-order valence-electron chi connectivity index (χ2n) is 12.3. The number of thiazole rings is 1. The molecule has 0 bridgehead atoms. The molecule has 1 aromatic heterocycles. The number of esters is 2. The molecule has 47 heavy (non-hydrogen) atoms. The van der Waals surface area contributed by atoms with Crippen LogP contribution in [0.15, 0.2) is 40.0 Å². The van der Waals surface area contributed by atoms with E-state index < -0.39 is 52.4 Å². The quantitative estimate of drug-likeness (QED) is 0.182. The number of halogens is 3. The van der Waals surface area contributed by atoms with Crippen LogP contribution in [0.5, 0.6) is 0 Å². The van der Waals surface area contributed by atoms with Crippen LogP contribution < -0.4 is 5.32 Å². The molecule has 1 amide bonds. The van der Waals surface area contributed by atoms with Crippen molar-refractivity contribution in [2.45, 2.75) is 77.2 Å². The smallest absolute Gasteiger partial charge is 0.410 e. The fourth-order valence-electron chi connectivity index (χ4n) is 5.78. The van der Waals surface area contributed by atoms with E-state index in [2.05, 4.69) is 10.3 Å². The van der Waals surface area contributed by atoms with Crippen molar-refractivity contribution in [1.29, 1.82) is 0 Å². The highest BCUT2D eigenvalue weighted by molar-refractivity contribution is 7.11. The monoisotopic (exact) mass is 696 g/mol. The van der Waals surface area contributed by atoms with Crippen LogP contribution >= 0.6 is 22.9 Å². The van der Waals surface area contributed by atoms with E-state index in [1.807, 2.05) is 0 Å². The van der Waals surface area contributed by atoms with E-state index in [0.717, 1.165) is 6.07 Å². The lowest BCUT2D eigenvalue weighted by molar-refractivity contribution is -0.150. The Morgan fingerprint density at radius 2 is 1.85 bits per heavy atom. The van der Waals surface area contributed by atoms with Crippen LogP contribution in [0.2, 0.25) is 5.02 Å². The van der Waals surface area contributed by atoms with Crippen molar-refractivity contribution in [3.05, 3.63) is 62.2 Å². The number of carbonyl (C=O) groups excluding carboxylic acids is 3. The minimum Gasteiger partial charge on any atom is -0.466 e. The van der Waals surface area contributed by atoms with Crippen LogP contribution in [0.4, 0.5) is 13.6 Å². The minimum absolute atomic E-state index is 0.0591. The van der Waals surface area contributed by atoms with Gasteiger partial charge in [-0.25, -0.2) is 23.4 Å². The van der Waals surface area contributed by atoms with Crippen molar-refractivity contribution in [3.63, 3.8) is 0 Å². The summed E-state index contributed by atoms with van der Waals surface area (Å²) in [6, 6.07) is 0.838. The first-order valence-electron chi connectivity index (χ1n) is 15.1. The molecule has 1 saturated carbocycles. The highest BCUT2D eigenvalue weighted by Crippen LogP contribution is 2.42. The fourth-order valence-corrected chi connectivity index (χ4v) is 6.63. The first-order valence-corrected chi connectivity index (χ1v) is 16.4. The lowest BCUT2D eigenvalue weighted by atomic mass is 9.80. The summed E-state index contributed by atoms with van der Waals surface area (Å²) in [5.41, 5.74) is -0.0533. The van der Waals surface area contributed by atoms with Crippen molar-refractivity contribution in [1.82, 2.24) is 15.2 Å². The van der Waals surface area contributed by atoms with Gasteiger partial charge in [0.15, 0.2) is 22.5 Å². The van der Waals surface area contributed by atoms with Gasteiger partial charge in [-0.15, -0.1) is 11.3 Å². The normalized spacial score (nSPS) is 20.5. The number of hydrogen-bond acceptors (Lipinski definition) is 11. The maximum absolute atomic E-state index is 14.7. The summed E-state index contributed by atoms with van der Waals surface area (Å²) < 4.78 is 50.3. The molecule has 2 aliphatic rings. The molecule has 2 heterocycles. The molecular weight excluding hydrogens is 658 g/mol. The minimum atomic E-state index is -1.25. The molecular formula is C32H39ClF2N4O7S. The van der Waals surface area contributed by atoms with Crippen LogP contribution in [0, 0.1) is 17.6 Å². The number of aliphatic imine (C=N–C) groups is 1. The number of benzene rings is 1. The third kappa shape index (κ3) is 8.85. The number of aromatic nitrogens is 1. The Balaban J connectivity index is 1.69. The van der Waals surface area contributed by atoms with Gasteiger partial charge >= 0.3 is 18.0 Å². The van der Waals surface area contributed by atoms with Gasteiger partial charge < -0.3 is 29.2 Å². The first-order chi connectivity index (χ1) is 22.2. The molecule has 1 aromatic carbocycles. The average Bonchev–Trinajstić information content (AvgIpc) is 3.56.